The number of aliphatic carboxylic acids is 1. The Hall–Kier alpha value is -2.74. The minimum Gasteiger partial charge on any atom is -0.475 e. The first-order valence-electron chi connectivity index (χ1n) is 9.10. The van der Waals surface area contributed by atoms with Crippen LogP contribution < -0.4 is 10.6 Å². The van der Waals surface area contributed by atoms with Gasteiger partial charge in [0.05, 0.1) is 11.4 Å². The molecule has 3 heterocycles. The van der Waals surface area contributed by atoms with Gasteiger partial charge in [0.2, 0.25) is 0 Å². The molecule has 1 aliphatic rings. The lowest BCUT2D eigenvalue weighted by atomic mass is 10.2. The molecule has 176 valence electrons. The van der Waals surface area contributed by atoms with Crippen LogP contribution in [0.4, 0.5) is 26.3 Å². The van der Waals surface area contributed by atoms with Crippen molar-refractivity contribution in [3.63, 3.8) is 0 Å². The number of carbonyl (C=O) groups is 2. The molecule has 0 spiro atoms. The third kappa shape index (κ3) is 7.44. The molecule has 2 aromatic rings. The van der Waals surface area contributed by atoms with Gasteiger partial charge in [-0.3, -0.25) is 4.79 Å². The minimum atomic E-state index is -5.08. The minimum absolute atomic E-state index is 0.0603. The fraction of sp³-hybridized carbons (Fsp3) is 0.444. The third-order valence-corrected chi connectivity index (χ3v) is 5.29. The van der Waals surface area contributed by atoms with Crippen molar-refractivity contribution >= 4 is 23.2 Å². The van der Waals surface area contributed by atoms with Gasteiger partial charge in [0, 0.05) is 16.6 Å². The van der Waals surface area contributed by atoms with E-state index in [4.69, 9.17) is 9.90 Å². The van der Waals surface area contributed by atoms with Crippen molar-refractivity contribution in [2.75, 3.05) is 6.54 Å². The number of aryl methyl sites for hydroxylation is 1. The molecule has 1 unspecified atom stereocenters. The summed E-state index contributed by atoms with van der Waals surface area (Å²) in [7, 11) is 0. The summed E-state index contributed by atoms with van der Waals surface area (Å²) >= 11 is 1.39. The quantitative estimate of drug-likeness (QED) is 0.570. The van der Waals surface area contributed by atoms with E-state index in [0.29, 0.717) is 4.88 Å². The number of nitrogens with zero attached hydrogens (tertiary/aromatic N) is 2. The van der Waals surface area contributed by atoms with Gasteiger partial charge in [-0.15, -0.1) is 11.3 Å². The first-order chi connectivity index (χ1) is 14.8. The molecule has 0 radical (unpaired) electrons. The summed E-state index contributed by atoms with van der Waals surface area (Å²) in [5, 5.41) is 13.1. The number of carboxylic acid groups (broad SMARTS) is 1. The van der Waals surface area contributed by atoms with Crippen molar-refractivity contribution in [3.8, 4) is 0 Å². The maximum atomic E-state index is 12.8. The highest BCUT2D eigenvalue weighted by Gasteiger charge is 2.38. The van der Waals surface area contributed by atoms with Crippen LogP contribution in [-0.2, 0) is 17.5 Å². The number of rotatable bonds is 4. The molecule has 1 aliphatic heterocycles. The maximum Gasteiger partial charge on any atom is 0.490 e. The lowest BCUT2D eigenvalue weighted by Gasteiger charge is -2.09. The number of carbonyl (C=O) groups excluding carboxylic acids is 1. The number of amides is 1. The van der Waals surface area contributed by atoms with E-state index < -0.39 is 24.0 Å². The van der Waals surface area contributed by atoms with Gasteiger partial charge in [0.1, 0.15) is 11.5 Å². The molecule has 7 nitrogen and oxygen atoms in total. The SMILES string of the molecule is Cc1cc(C(F)(F)F)nc(CNC(=O)c2ccc(C3CCCN3)s2)n1.O=C(O)C(F)(F)F. The van der Waals surface area contributed by atoms with E-state index in [2.05, 4.69) is 20.6 Å². The second-order valence-corrected chi connectivity index (χ2v) is 7.76. The van der Waals surface area contributed by atoms with E-state index in [9.17, 15) is 31.1 Å². The van der Waals surface area contributed by atoms with Crippen LogP contribution >= 0.6 is 11.3 Å². The summed E-state index contributed by atoms with van der Waals surface area (Å²) in [5.41, 5.74) is -0.799. The largest absolute Gasteiger partial charge is 0.490 e. The number of hydrogen-bond donors (Lipinski definition) is 3. The predicted molar refractivity (Wildman–Crippen MR) is 101 cm³/mol. The first kappa shape index (κ1) is 25.5. The zero-order valence-electron chi connectivity index (χ0n) is 16.5. The average Bonchev–Trinajstić information content (AvgIpc) is 3.36. The normalized spacial score (nSPS) is 16.3. The molecule has 3 N–H and O–H groups in total. The molecule has 14 heteroatoms. The van der Waals surface area contributed by atoms with E-state index in [1.807, 2.05) is 6.07 Å². The van der Waals surface area contributed by atoms with Crippen LogP contribution in [-0.4, -0.2) is 39.7 Å². The molecule has 32 heavy (non-hydrogen) atoms. The Labute approximate surface area is 181 Å². The zero-order chi connectivity index (χ0) is 24.1. The molecule has 1 saturated heterocycles. The van der Waals surface area contributed by atoms with Crippen molar-refractivity contribution in [2.45, 2.75) is 44.7 Å². The number of hydrogen-bond acceptors (Lipinski definition) is 6. The fourth-order valence-electron chi connectivity index (χ4n) is 2.69. The Morgan fingerprint density at radius 3 is 2.41 bits per heavy atom. The molecule has 0 bridgehead atoms. The van der Waals surface area contributed by atoms with Gasteiger partial charge >= 0.3 is 18.3 Å². The van der Waals surface area contributed by atoms with Crippen LogP contribution in [0.2, 0.25) is 0 Å². The number of aromatic nitrogens is 2. The molecule has 3 rings (SSSR count). The van der Waals surface area contributed by atoms with Crippen LogP contribution in [0.25, 0.3) is 0 Å². The van der Waals surface area contributed by atoms with Crippen LogP contribution in [0, 0.1) is 6.92 Å². The van der Waals surface area contributed by atoms with Gasteiger partial charge in [-0.2, -0.15) is 26.3 Å². The highest BCUT2D eigenvalue weighted by atomic mass is 32.1. The number of nitrogens with one attached hydrogen (secondary N) is 2. The van der Waals surface area contributed by atoms with E-state index >= 15 is 0 Å². The number of thiophene rings is 1. The van der Waals surface area contributed by atoms with E-state index in [-0.39, 0.29) is 30.0 Å². The monoisotopic (exact) mass is 484 g/mol. The lowest BCUT2D eigenvalue weighted by Crippen LogP contribution is -2.24. The van der Waals surface area contributed by atoms with Crippen LogP contribution in [0.5, 0.6) is 0 Å². The van der Waals surface area contributed by atoms with Crippen molar-refractivity contribution in [3.05, 3.63) is 45.2 Å². The standard InChI is InChI=1S/C16H17F3N4OS.C2HF3O2/c1-9-7-13(16(17,18)19)23-14(22-9)8-21-15(24)12-5-4-11(25-12)10-3-2-6-20-10;3-2(4,5)1(6)7/h4-5,7,10,20H,2-3,6,8H2,1H3,(H,21,24);(H,6,7). The number of halogens is 6. The summed E-state index contributed by atoms with van der Waals surface area (Å²) in [6.07, 6.45) is -7.47. The van der Waals surface area contributed by atoms with E-state index in [1.165, 1.54) is 18.3 Å². The Kier molecular flexibility index (Phi) is 8.18. The molecule has 1 amide bonds. The molecular formula is C18H18F6N4O3S. The predicted octanol–water partition coefficient (Wildman–Crippen LogP) is 3.85. The number of alkyl halides is 6. The summed E-state index contributed by atoms with van der Waals surface area (Å²) in [6.45, 7) is 2.28. The van der Waals surface area contributed by atoms with Gasteiger partial charge in [-0.05, 0) is 44.5 Å². The van der Waals surface area contributed by atoms with E-state index in [1.54, 1.807) is 6.07 Å². The van der Waals surface area contributed by atoms with Gasteiger partial charge in [-0.1, -0.05) is 0 Å². The van der Waals surface area contributed by atoms with Gasteiger partial charge in [0.25, 0.3) is 5.91 Å². The Morgan fingerprint density at radius 1 is 1.22 bits per heavy atom. The lowest BCUT2D eigenvalue weighted by molar-refractivity contribution is -0.192. The second kappa shape index (κ2) is 10.3. The summed E-state index contributed by atoms with van der Waals surface area (Å²) in [6, 6.07) is 4.80. The van der Waals surface area contributed by atoms with E-state index in [0.717, 1.165) is 30.3 Å². The second-order valence-electron chi connectivity index (χ2n) is 6.65. The summed E-state index contributed by atoms with van der Waals surface area (Å²) in [4.78, 5) is 30.2. The average molecular weight is 484 g/mol. The van der Waals surface area contributed by atoms with Crippen molar-refractivity contribution < 1.29 is 41.0 Å². The Morgan fingerprint density at radius 2 is 1.88 bits per heavy atom. The summed E-state index contributed by atoms with van der Waals surface area (Å²) < 4.78 is 70.1. The molecule has 0 saturated carbocycles. The van der Waals surface area contributed by atoms with Gasteiger partial charge < -0.3 is 15.7 Å². The van der Waals surface area contributed by atoms with Gasteiger partial charge in [-0.25, -0.2) is 14.8 Å². The highest BCUT2D eigenvalue weighted by Crippen LogP contribution is 2.29. The third-order valence-electron chi connectivity index (χ3n) is 4.09. The Bertz CT molecular complexity index is 955. The number of carboxylic acids is 1. The zero-order valence-corrected chi connectivity index (χ0v) is 17.3. The van der Waals surface area contributed by atoms with Crippen molar-refractivity contribution in [1.82, 2.24) is 20.6 Å². The van der Waals surface area contributed by atoms with Gasteiger partial charge in [0.15, 0.2) is 0 Å². The molecule has 1 fully saturated rings. The summed E-state index contributed by atoms with van der Waals surface area (Å²) in [5.74, 6) is -3.16. The first-order valence-corrected chi connectivity index (χ1v) is 9.92. The molecule has 2 aromatic heterocycles. The van der Waals surface area contributed by atoms with Crippen LogP contribution in [0.15, 0.2) is 18.2 Å². The van der Waals surface area contributed by atoms with Crippen LogP contribution in [0.1, 0.15) is 50.6 Å². The molecule has 0 aromatic carbocycles. The molecule has 1 atom stereocenters. The van der Waals surface area contributed by atoms with Crippen LogP contribution in [0.3, 0.4) is 0 Å². The maximum absolute atomic E-state index is 12.8. The Balaban J connectivity index is 0.000000451. The molecule has 0 aliphatic carbocycles. The van der Waals surface area contributed by atoms with Crippen molar-refractivity contribution in [2.24, 2.45) is 0 Å². The topological polar surface area (TPSA) is 104 Å². The van der Waals surface area contributed by atoms with Crippen molar-refractivity contribution in [1.29, 1.82) is 0 Å². The molecular weight excluding hydrogens is 466 g/mol. The highest BCUT2D eigenvalue weighted by molar-refractivity contribution is 7.14. The smallest absolute Gasteiger partial charge is 0.475 e. The fourth-order valence-corrected chi connectivity index (χ4v) is 3.72.